The molecule has 1 aliphatic rings. The molecule has 0 spiro atoms. The van der Waals surface area contributed by atoms with Gasteiger partial charge < -0.3 is 10.0 Å². The Morgan fingerprint density at radius 2 is 1.81 bits per heavy atom. The Morgan fingerprint density at radius 1 is 1.24 bits per heavy atom. The summed E-state index contributed by atoms with van der Waals surface area (Å²) in [5, 5.41) is 9.28. The minimum atomic E-state index is -0.828. The predicted octanol–water partition coefficient (Wildman–Crippen LogP) is 2.60. The highest BCUT2D eigenvalue weighted by molar-refractivity contribution is 5.88. The van der Waals surface area contributed by atoms with E-state index in [2.05, 4.69) is 0 Å². The normalized spacial score (nSPS) is 22.4. The molecule has 1 atom stereocenters. The lowest BCUT2D eigenvalue weighted by Gasteiger charge is -2.30. The standard InChI is InChI=1S/C17H23NO3/c1-12-5-7-13(8-6-12)16(2,3)14(19)18-10-9-17(4,11-18)15(20)21/h5-8H,9-11H2,1-4H3,(H,20,21)/t17-/m1/s1. The van der Waals surface area contributed by atoms with Crippen molar-refractivity contribution in [3.63, 3.8) is 0 Å². The largest absolute Gasteiger partial charge is 0.481 e. The van der Waals surface area contributed by atoms with Gasteiger partial charge in [0.2, 0.25) is 5.91 Å². The van der Waals surface area contributed by atoms with Gasteiger partial charge >= 0.3 is 5.97 Å². The predicted molar refractivity (Wildman–Crippen MR) is 81.1 cm³/mol. The first kappa shape index (κ1) is 15.5. The topological polar surface area (TPSA) is 57.6 Å². The third-order valence-electron chi connectivity index (χ3n) is 4.58. The zero-order chi connectivity index (χ0) is 15.8. The van der Waals surface area contributed by atoms with Crippen molar-refractivity contribution >= 4 is 11.9 Å². The summed E-state index contributed by atoms with van der Waals surface area (Å²) in [5.74, 6) is -0.831. The van der Waals surface area contributed by atoms with E-state index in [-0.39, 0.29) is 12.5 Å². The molecule has 0 saturated carbocycles. The molecule has 4 heteroatoms. The quantitative estimate of drug-likeness (QED) is 0.930. The Bertz CT molecular complexity index is 562. The molecule has 1 amide bonds. The molecule has 0 aliphatic carbocycles. The Morgan fingerprint density at radius 3 is 2.29 bits per heavy atom. The zero-order valence-electron chi connectivity index (χ0n) is 13.1. The number of hydrogen-bond donors (Lipinski definition) is 1. The second kappa shape index (κ2) is 5.17. The lowest BCUT2D eigenvalue weighted by molar-refractivity contribution is -0.147. The Balaban J connectivity index is 2.20. The summed E-state index contributed by atoms with van der Waals surface area (Å²) in [6.07, 6.45) is 0.512. The second-order valence-electron chi connectivity index (χ2n) is 6.83. The van der Waals surface area contributed by atoms with Crippen LogP contribution in [0.15, 0.2) is 24.3 Å². The summed E-state index contributed by atoms with van der Waals surface area (Å²) in [6, 6.07) is 7.94. The summed E-state index contributed by atoms with van der Waals surface area (Å²) >= 11 is 0. The number of rotatable bonds is 3. The van der Waals surface area contributed by atoms with E-state index in [1.54, 1.807) is 11.8 Å². The average Bonchev–Trinajstić information content (AvgIpc) is 2.82. The van der Waals surface area contributed by atoms with E-state index in [4.69, 9.17) is 0 Å². The fraction of sp³-hybridized carbons (Fsp3) is 0.529. The lowest BCUT2D eigenvalue weighted by Crippen LogP contribution is -2.44. The molecule has 1 N–H and O–H groups in total. The average molecular weight is 289 g/mol. The van der Waals surface area contributed by atoms with E-state index in [0.717, 1.165) is 11.1 Å². The molecule has 0 aromatic heterocycles. The van der Waals surface area contributed by atoms with E-state index in [9.17, 15) is 14.7 Å². The molecule has 4 nitrogen and oxygen atoms in total. The van der Waals surface area contributed by atoms with Crippen LogP contribution in [0, 0.1) is 12.3 Å². The number of nitrogens with zero attached hydrogens (tertiary/aromatic N) is 1. The summed E-state index contributed by atoms with van der Waals surface area (Å²) in [4.78, 5) is 25.8. The van der Waals surface area contributed by atoms with Gasteiger partial charge in [-0.25, -0.2) is 0 Å². The van der Waals surface area contributed by atoms with E-state index in [0.29, 0.717) is 13.0 Å². The third-order valence-corrected chi connectivity index (χ3v) is 4.58. The molecule has 114 valence electrons. The van der Waals surface area contributed by atoms with Crippen molar-refractivity contribution in [3.05, 3.63) is 35.4 Å². The van der Waals surface area contributed by atoms with E-state index in [1.165, 1.54) is 0 Å². The molecule has 1 aromatic rings. The molecule has 0 unspecified atom stereocenters. The minimum absolute atomic E-state index is 0.00340. The maximum Gasteiger partial charge on any atom is 0.311 e. The van der Waals surface area contributed by atoms with Crippen LogP contribution >= 0.6 is 0 Å². The van der Waals surface area contributed by atoms with Crippen molar-refractivity contribution in [3.8, 4) is 0 Å². The van der Waals surface area contributed by atoms with Crippen LogP contribution in [-0.2, 0) is 15.0 Å². The van der Waals surface area contributed by atoms with Gasteiger partial charge in [0.1, 0.15) is 0 Å². The van der Waals surface area contributed by atoms with Crippen LogP contribution in [-0.4, -0.2) is 35.0 Å². The fourth-order valence-electron chi connectivity index (χ4n) is 2.80. The van der Waals surface area contributed by atoms with Gasteiger partial charge in [0.25, 0.3) is 0 Å². The van der Waals surface area contributed by atoms with Gasteiger partial charge in [-0.15, -0.1) is 0 Å². The van der Waals surface area contributed by atoms with Gasteiger partial charge in [0.15, 0.2) is 0 Å². The number of likely N-dealkylation sites (tertiary alicyclic amines) is 1. The van der Waals surface area contributed by atoms with Crippen LogP contribution in [0.3, 0.4) is 0 Å². The molecule has 21 heavy (non-hydrogen) atoms. The first-order valence-corrected chi connectivity index (χ1v) is 7.27. The maximum atomic E-state index is 12.8. The minimum Gasteiger partial charge on any atom is -0.481 e. The Kier molecular flexibility index (Phi) is 3.83. The van der Waals surface area contributed by atoms with Crippen molar-refractivity contribution in [2.75, 3.05) is 13.1 Å². The molecule has 1 fully saturated rings. The summed E-state index contributed by atoms with van der Waals surface area (Å²) in [5.41, 5.74) is 0.653. The van der Waals surface area contributed by atoms with Gasteiger partial charge in [-0.1, -0.05) is 29.8 Å². The number of aliphatic carboxylic acids is 1. The molecule has 1 aromatic carbocycles. The monoisotopic (exact) mass is 289 g/mol. The van der Waals surface area contributed by atoms with Gasteiger partial charge in [0, 0.05) is 13.1 Å². The van der Waals surface area contributed by atoms with Gasteiger partial charge in [-0.3, -0.25) is 9.59 Å². The van der Waals surface area contributed by atoms with Gasteiger partial charge in [0.05, 0.1) is 10.8 Å². The fourth-order valence-corrected chi connectivity index (χ4v) is 2.80. The van der Waals surface area contributed by atoms with Crippen LogP contribution in [0.25, 0.3) is 0 Å². The Labute approximate surface area is 125 Å². The number of aryl methyl sites for hydroxylation is 1. The van der Waals surface area contributed by atoms with Crippen LogP contribution < -0.4 is 0 Å². The van der Waals surface area contributed by atoms with E-state index in [1.807, 2.05) is 45.0 Å². The van der Waals surface area contributed by atoms with Crippen LogP contribution in [0.5, 0.6) is 0 Å². The number of carbonyl (C=O) groups excluding carboxylic acids is 1. The molecular weight excluding hydrogens is 266 g/mol. The lowest BCUT2D eigenvalue weighted by atomic mass is 9.82. The van der Waals surface area contributed by atoms with Gasteiger partial charge in [-0.2, -0.15) is 0 Å². The second-order valence-corrected chi connectivity index (χ2v) is 6.83. The molecule has 1 saturated heterocycles. The van der Waals surface area contributed by atoms with E-state index < -0.39 is 16.8 Å². The SMILES string of the molecule is Cc1ccc(C(C)(C)C(=O)N2CC[C@@](C)(C(=O)O)C2)cc1. The number of carbonyl (C=O) groups is 2. The summed E-state index contributed by atoms with van der Waals surface area (Å²) < 4.78 is 0. The summed E-state index contributed by atoms with van der Waals surface area (Å²) in [6.45, 7) is 8.32. The van der Waals surface area contributed by atoms with E-state index >= 15 is 0 Å². The first-order chi connectivity index (χ1) is 9.67. The van der Waals surface area contributed by atoms with Crippen LogP contribution in [0.4, 0.5) is 0 Å². The molecule has 1 aliphatic heterocycles. The highest BCUT2D eigenvalue weighted by Crippen LogP contribution is 2.34. The third kappa shape index (κ3) is 2.80. The van der Waals surface area contributed by atoms with Crippen molar-refractivity contribution in [2.24, 2.45) is 5.41 Å². The van der Waals surface area contributed by atoms with Gasteiger partial charge in [-0.05, 0) is 39.7 Å². The van der Waals surface area contributed by atoms with Crippen LogP contribution in [0.1, 0.15) is 38.3 Å². The molecule has 0 radical (unpaired) electrons. The molecule has 0 bridgehead atoms. The van der Waals surface area contributed by atoms with Crippen molar-refractivity contribution in [2.45, 2.75) is 39.5 Å². The molecule has 1 heterocycles. The van der Waals surface area contributed by atoms with Crippen molar-refractivity contribution in [1.82, 2.24) is 4.90 Å². The highest BCUT2D eigenvalue weighted by atomic mass is 16.4. The van der Waals surface area contributed by atoms with Crippen molar-refractivity contribution < 1.29 is 14.7 Å². The smallest absolute Gasteiger partial charge is 0.311 e. The van der Waals surface area contributed by atoms with Crippen LogP contribution in [0.2, 0.25) is 0 Å². The number of amides is 1. The number of carboxylic acid groups (broad SMARTS) is 1. The molecule has 2 rings (SSSR count). The highest BCUT2D eigenvalue weighted by Gasteiger charge is 2.45. The first-order valence-electron chi connectivity index (χ1n) is 7.27. The maximum absolute atomic E-state index is 12.8. The Hall–Kier alpha value is -1.84. The number of hydrogen-bond acceptors (Lipinski definition) is 2. The number of carboxylic acids is 1. The van der Waals surface area contributed by atoms with Crippen molar-refractivity contribution in [1.29, 1.82) is 0 Å². The summed E-state index contributed by atoms with van der Waals surface area (Å²) in [7, 11) is 0. The zero-order valence-corrected chi connectivity index (χ0v) is 13.1. The number of benzene rings is 1. The molecular formula is C17H23NO3.